The minimum absolute atomic E-state index is 0. The van der Waals surface area contributed by atoms with Crippen molar-refractivity contribution in [3.05, 3.63) is 0 Å². The normalized spacial score (nSPS) is 15.9. The van der Waals surface area contributed by atoms with Gasteiger partial charge in [-0.05, 0) is 13.8 Å². The minimum Gasteiger partial charge on any atom is -0.870 e. The zero-order valence-electron chi connectivity index (χ0n) is 9.77. The maximum atomic E-state index is 9.13. The van der Waals surface area contributed by atoms with Crippen LogP contribution in [0.1, 0.15) is 26.7 Å². The number of aliphatic hydroxyl groups is 2. The topological polar surface area (TPSA) is 70.5 Å². The number of hydrogen-bond donors (Lipinski definition) is 2. The van der Waals surface area contributed by atoms with E-state index in [4.69, 9.17) is 10.2 Å². The molecule has 0 aliphatic carbocycles. The average Bonchev–Trinajstić information content (AvgIpc) is 1.98. The Morgan fingerprint density at radius 2 is 1.21 bits per heavy atom. The van der Waals surface area contributed by atoms with Crippen LogP contribution in [-0.2, 0) is 0 Å². The molecule has 4 nitrogen and oxygen atoms in total. The molecule has 88 valence electrons. The zero-order valence-corrected chi connectivity index (χ0v) is 9.77. The third-order valence-corrected chi connectivity index (χ3v) is 2.30. The van der Waals surface area contributed by atoms with Crippen LogP contribution in [0.15, 0.2) is 0 Å². The maximum Gasteiger partial charge on any atom is 0.0807 e. The first-order chi connectivity index (χ1) is 5.83. The van der Waals surface area contributed by atoms with Gasteiger partial charge in [-0.3, -0.25) is 0 Å². The summed E-state index contributed by atoms with van der Waals surface area (Å²) in [5.74, 6) is 0. The van der Waals surface area contributed by atoms with Gasteiger partial charge in [0.05, 0.1) is 39.4 Å². The van der Waals surface area contributed by atoms with Gasteiger partial charge in [0, 0.05) is 12.8 Å². The highest BCUT2D eigenvalue weighted by molar-refractivity contribution is 4.48. The van der Waals surface area contributed by atoms with Crippen LogP contribution in [0.2, 0.25) is 0 Å². The van der Waals surface area contributed by atoms with Crippen LogP contribution >= 0.6 is 0 Å². The van der Waals surface area contributed by atoms with Crippen molar-refractivity contribution in [1.82, 2.24) is 0 Å². The number of rotatable bonds is 6. The summed E-state index contributed by atoms with van der Waals surface area (Å²) >= 11 is 0. The fraction of sp³-hybridized carbons (Fsp3) is 1.00. The summed E-state index contributed by atoms with van der Waals surface area (Å²) in [6, 6.07) is 0. The Balaban J connectivity index is 0. The van der Waals surface area contributed by atoms with Crippen molar-refractivity contribution in [3.8, 4) is 0 Å². The Kier molecular flexibility index (Phi) is 8.34. The predicted molar refractivity (Wildman–Crippen MR) is 56.4 cm³/mol. The van der Waals surface area contributed by atoms with E-state index in [2.05, 4.69) is 14.1 Å². The van der Waals surface area contributed by atoms with Crippen LogP contribution in [0.5, 0.6) is 0 Å². The Bertz CT molecular complexity index is 121. The van der Waals surface area contributed by atoms with Crippen LogP contribution in [0.3, 0.4) is 0 Å². The van der Waals surface area contributed by atoms with Crippen molar-refractivity contribution in [3.63, 3.8) is 0 Å². The van der Waals surface area contributed by atoms with E-state index in [1.54, 1.807) is 0 Å². The molecule has 0 aliphatic rings. The molecule has 0 amide bonds. The maximum absolute atomic E-state index is 9.13. The molecule has 0 saturated carbocycles. The lowest BCUT2D eigenvalue weighted by atomic mass is 10.2. The number of nitrogens with zero attached hydrogens (tertiary/aromatic N) is 1. The summed E-state index contributed by atoms with van der Waals surface area (Å²) in [4.78, 5) is 0. The van der Waals surface area contributed by atoms with Crippen molar-refractivity contribution in [1.29, 1.82) is 0 Å². The van der Waals surface area contributed by atoms with Crippen LogP contribution in [0.4, 0.5) is 0 Å². The smallest absolute Gasteiger partial charge is 0.0807 e. The molecule has 0 spiro atoms. The lowest BCUT2D eigenvalue weighted by Gasteiger charge is -2.30. The summed E-state index contributed by atoms with van der Waals surface area (Å²) in [5.41, 5.74) is 0. The highest BCUT2D eigenvalue weighted by Crippen LogP contribution is 2.05. The molecule has 0 bridgehead atoms. The van der Waals surface area contributed by atoms with Gasteiger partial charge < -0.3 is 20.2 Å². The molecule has 2 unspecified atom stereocenters. The first-order valence-corrected chi connectivity index (χ1v) is 5.01. The quantitative estimate of drug-likeness (QED) is 0.620. The minimum atomic E-state index is -0.219. The number of hydrogen-bond acceptors (Lipinski definition) is 3. The largest absolute Gasteiger partial charge is 0.870 e. The molecule has 0 saturated heterocycles. The third-order valence-electron chi connectivity index (χ3n) is 2.30. The van der Waals surface area contributed by atoms with E-state index < -0.39 is 0 Å². The van der Waals surface area contributed by atoms with Crippen molar-refractivity contribution in [2.24, 2.45) is 0 Å². The Morgan fingerprint density at radius 1 is 0.929 bits per heavy atom. The van der Waals surface area contributed by atoms with E-state index >= 15 is 0 Å². The molecule has 2 atom stereocenters. The van der Waals surface area contributed by atoms with Crippen LogP contribution in [0.25, 0.3) is 0 Å². The van der Waals surface area contributed by atoms with Crippen LogP contribution in [0, 0.1) is 0 Å². The molecule has 0 rings (SSSR count). The van der Waals surface area contributed by atoms with Crippen molar-refractivity contribution in [2.75, 3.05) is 27.2 Å². The van der Waals surface area contributed by atoms with Gasteiger partial charge in [-0.25, -0.2) is 0 Å². The molecule has 0 aromatic rings. The summed E-state index contributed by atoms with van der Waals surface area (Å²) in [7, 11) is 4.26. The van der Waals surface area contributed by atoms with Crippen molar-refractivity contribution in [2.45, 2.75) is 38.9 Å². The van der Waals surface area contributed by atoms with Gasteiger partial charge in [0.15, 0.2) is 0 Å². The monoisotopic (exact) mass is 207 g/mol. The lowest BCUT2D eigenvalue weighted by Crippen LogP contribution is -2.43. The van der Waals surface area contributed by atoms with Gasteiger partial charge in [-0.15, -0.1) is 0 Å². The van der Waals surface area contributed by atoms with E-state index in [0.717, 1.165) is 30.4 Å². The number of aliphatic hydroxyl groups excluding tert-OH is 2. The second-order valence-electron chi connectivity index (χ2n) is 4.66. The van der Waals surface area contributed by atoms with Crippen LogP contribution in [-0.4, -0.2) is 59.6 Å². The summed E-state index contributed by atoms with van der Waals surface area (Å²) in [6.45, 7) is 5.55. The molecule has 0 aromatic carbocycles. The van der Waals surface area contributed by atoms with Crippen molar-refractivity contribution >= 4 is 0 Å². The van der Waals surface area contributed by atoms with Gasteiger partial charge in [0.1, 0.15) is 0 Å². The highest BCUT2D eigenvalue weighted by atomic mass is 16.3. The average molecular weight is 207 g/mol. The van der Waals surface area contributed by atoms with Gasteiger partial charge in [0.2, 0.25) is 0 Å². The second kappa shape index (κ2) is 7.17. The molecule has 0 aromatic heterocycles. The zero-order chi connectivity index (χ0) is 10.5. The lowest BCUT2D eigenvalue weighted by molar-refractivity contribution is -0.891. The molecule has 14 heavy (non-hydrogen) atoms. The Labute approximate surface area is 87.1 Å². The van der Waals surface area contributed by atoms with Crippen molar-refractivity contribution < 1.29 is 20.2 Å². The van der Waals surface area contributed by atoms with Gasteiger partial charge in [-0.2, -0.15) is 0 Å². The first-order valence-electron chi connectivity index (χ1n) is 5.01. The second-order valence-corrected chi connectivity index (χ2v) is 4.66. The molecular weight excluding hydrogens is 182 g/mol. The summed E-state index contributed by atoms with van der Waals surface area (Å²) in [6.07, 6.45) is 1.22. The fourth-order valence-corrected chi connectivity index (χ4v) is 1.18. The van der Waals surface area contributed by atoms with E-state index in [1.165, 1.54) is 0 Å². The summed E-state index contributed by atoms with van der Waals surface area (Å²) < 4.78 is 0.871. The van der Waals surface area contributed by atoms with Gasteiger partial charge >= 0.3 is 0 Å². The molecule has 0 heterocycles. The molecule has 3 N–H and O–H groups in total. The van der Waals surface area contributed by atoms with Gasteiger partial charge in [0.25, 0.3) is 0 Å². The Hall–Kier alpha value is -0.160. The molecule has 0 radical (unpaired) electrons. The fourth-order valence-electron chi connectivity index (χ4n) is 1.18. The molecule has 0 fully saturated rings. The predicted octanol–water partition coefficient (Wildman–Crippen LogP) is 0.428. The third kappa shape index (κ3) is 9.92. The van der Waals surface area contributed by atoms with E-state index in [9.17, 15) is 0 Å². The first kappa shape index (κ1) is 16.3. The number of quaternary nitrogens is 1. The van der Waals surface area contributed by atoms with E-state index in [-0.39, 0.29) is 17.7 Å². The standard InChI is InChI=1S/C10H24NO2.H2O/c1-9(12)5-7-11(3,4)8-6-10(2)13;/h9-10,12-13H,5-8H2,1-4H3;1H2/q+1;/p-1. The van der Waals surface area contributed by atoms with Crippen LogP contribution < -0.4 is 0 Å². The van der Waals surface area contributed by atoms with Gasteiger partial charge in [-0.1, -0.05) is 0 Å². The Morgan fingerprint density at radius 3 is 1.43 bits per heavy atom. The molecular formula is C10H25NO3. The van der Waals surface area contributed by atoms with E-state index in [1.807, 2.05) is 13.8 Å². The van der Waals surface area contributed by atoms with E-state index in [0.29, 0.717) is 0 Å². The summed E-state index contributed by atoms with van der Waals surface area (Å²) in [5, 5.41) is 18.3. The molecule has 0 aliphatic heterocycles. The molecule has 4 heteroatoms. The highest BCUT2D eigenvalue weighted by Gasteiger charge is 2.16. The SMILES string of the molecule is CC(O)CC[N+](C)(C)CCC(C)O.[OH-].